The predicted octanol–water partition coefficient (Wildman–Crippen LogP) is 1.15. The van der Waals surface area contributed by atoms with Gasteiger partial charge in [-0.2, -0.15) is 0 Å². The Morgan fingerprint density at radius 2 is 2.05 bits per heavy atom. The minimum absolute atomic E-state index is 0.0337. The number of carbonyl (C=O) groups excluding carboxylic acids is 1. The van der Waals surface area contributed by atoms with Gasteiger partial charge < -0.3 is 15.7 Å². The topological polar surface area (TPSA) is 61.4 Å². The fourth-order valence-electron chi connectivity index (χ4n) is 2.06. The molecule has 0 heterocycles. The molecule has 1 amide bonds. The molecule has 0 radical (unpaired) electrons. The van der Waals surface area contributed by atoms with Crippen molar-refractivity contribution in [3.05, 3.63) is 35.9 Å². The van der Waals surface area contributed by atoms with Gasteiger partial charge in [-0.05, 0) is 25.3 Å². The molecule has 0 bridgehead atoms. The molecule has 4 heteroatoms. The molecule has 0 saturated heterocycles. The summed E-state index contributed by atoms with van der Waals surface area (Å²) in [7, 11) is 0. The standard InChI is InChI=1S/C15H22N2O2/c1-15(11-18,12-5-3-2-4-6-12)17-14(19)9-10-16-13-7-8-13/h2-6,13,16,18H,7-11H2,1H3,(H,17,19). The predicted molar refractivity (Wildman–Crippen MR) is 74.7 cm³/mol. The van der Waals surface area contributed by atoms with Crippen LogP contribution in [-0.2, 0) is 10.3 Å². The number of nitrogens with one attached hydrogen (secondary N) is 2. The van der Waals surface area contributed by atoms with Gasteiger partial charge in [-0.25, -0.2) is 0 Å². The number of aliphatic hydroxyl groups excluding tert-OH is 1. The highest BCUT2D eigenvalue weighted by Gasteiger charge is 2.27. The summed E-state index contributed by atoms with van der Waals surface area (Å²) in [6.45, 7) is 2.43. The third-order valence-electron chi connectivity index (χ3n) is 3.50. The number of hydrogen-bond acceptors (Lipinski definition) is 3. The molecule has 1 fully saturated rings. The number of hydrogen-bond donors (Lipinski definition) is 3. The average molecular weight is 262 g/mol. The van der Waals surface area contributed by atoms with Crippen LogP contribution in [0.5, 0.6) is 0 Å². The van der Waals surface area contributed by atoms with Crippen LogP contribution in [-0.4, -0.2) is 30.2 Å². The number of amides is 1. The van der Waals surface area contributed by atoms with Gasteiger partial charge in [0, 0.05) is 19.0 Å². The maximum Gasteiger partial charge on any atom is 0.222 e. The molecule has 2 rings (SSSR count). The Bertz CT molecular complexity index is 417. The first-order valence-electron chi connectivity index (χ1n) is 6.85. The molecule has 3 N–H and O–H groups in total. The molecule has 1 atom stereocenters. The molecule has 1 aliphatic rings. The summed E-state index contributed by atoms with van der Waals surface area (Å²) in [5.41, 5.74) is 0.207. The largest absolute Gasteiger partial charge is 0.394 e. The summed E-state index contributed by atoms with van der Waals surface area (Å²) in [6, 6.07) is 10.2. The Morgan fingerprint density at radius 1 is 1.37 bits per heavy atom. The van der Waals surface area contributed by atoms with E-state index in [1.807, 2.05) is 37.3 Å². The van der Waals surface area contributed by atoms with Crippen molar-refractivity contribution in [1.82, 2.24) is 10.6 Å². The van der Waals surface area contributed by atoms with E-state index in [-0.39, 0.29) is 12.5 Å². The fourth-order valence-corrected chi connectivity index (χ4v) is 2.06. The van der Waals surface area contributed by atoms with E-state index in [9.17, 15) is 9.90 Å². The van der Waals surface area contributed by atoms with Gasteiger partial charge >= 0.3 is 0 Å². The summed E-state index contributed by atoms with van der Waals surface area (Å²) in [4.78, 5) is 11.9. The maximum atomic E-state index is 11.9. The van der Waals surface area contributed by atoms with Crippen molar-refractivity contribution in [2.75, 3.05) is 13.2 Å². The fraction of sp³-hybridized carbons (Fsp3) is 0.533. The van der Waals surface area contributed by atoms with Crippen molar-refractivity contribution < 1.29 is 9.90 Å². The number of carbonyl (C=O) groups is 1. The van der Waals surface area contributed by atoms with Crippen LogP contribution in [0, 0.1) is 0 Å². The molecule has 1 saturated carbocycles. The van der Waals surface area contributed by atoms with Crippen molar-refractivity contribution >= 4 is 5.91 Å². The highest BCUT2D eigenvalue weighted by atomic mass is 16.3. The number of aliphatic hydroxyl groups is 1. The zero-order chi connectivity index (χ0) is 13.7. The SMILES string of the molecule is CC(CO)(NC(=O)CCNC1CC1)c1ccccc1. The summed E-state index contributed by atoms with van der Waals surface area (Å²) in [5, 5.41) is 15.8. The van der Waals surface area contributed by atoms with E-state index < -0.39 is 5.54 Å². The van der Waals surface area contributed by atoms with Crippen LogP contribution >= 0.6 is 0 Å². The highest BCUT2D eigenvalue weighted by Crippen LogP contribution is 2.20. The molecule has 0 aliphatic heterocycles. The lowest BCUT2D eigenvalue weighted by atomic mass is 9.93. The van der Waals surface area contributed by atoms with Gasteiger partial charge in [-0.3, -0.25) is 4.79 Å². The summed E-state index contributed by atoms with van der Waals surface area (Å²) < 4.78 is 0. The van der Waals surface area contributed by atoms with Gasteiger partial charge in [0.2, 0.25) is 5.91 Å². The van der Waals surface area contributed by atoms with Gasteiger partial charge in [0.05, 0.1) is 12.1 Å². The minimum atomic E-state index is -0.710. The monoisotopic (exact) mass is 262 g/mol. The van der Waals surface area contributed by atoms with Gasteiger partial charge in [0.1, 0.15) is 0 Å². The first kappa shape index (κ1) is 14.0. The molecule has 1 aromatic carbocycles. The summed E-state index contributed by atoms with van der Waals surface area (Å²) in [6.07, 6.45) is 2.89. The van der Waals surface area contributed by atoms with Crippen molar-refractivity contribution in [3.8, 4) is 0 Å². The van der Waals surface area contributed by atoms with E-state index in [2.05, 4.69) is 10.6 Å². The third kappa shape index (κ3) is 4.04. The van der Waals surface area contributed by atoms with E-state index >= 15 is 0 Å². The third-order valence-corrected chi connectivity index (χ3v) is 3.50. The van der Waals surface area contributed by atoms with Gasteiger partial charge in [-0.15, -0.1) is 0 Å². The van der Waals surface area contributed by atoms with E-state index in [0.717, 1.165) is 5.56 Å². The molecule has 104 valence electrons. The van der Waals surface area contributed by atoms with Crippen LogP contribution < -0.4 is 10.6 Å². The lowest BCUT2D eigenvalue weighted by molar-refractivity contribution is -0.123. The summed E-state index contributed by atoms with van der Waals surface area (Å²) in [5.74, 6) is -0.0337. The molecule has 1 aliphatic carbocycles. The normalized spacial score (nSPS) is 17.8. The zero-order valence-corrected chi connectivity index (χ0v) is 11.4. The second-order valence-electron chi connectivity index (χ2n) is 5.38. The molecule has 0 spiro atoms. The quantitative estimate of drug-likeness (QED) is 0.691. The zero-order valence-electron chi connectivity index (χ0n) is 11.4. The van der Waals surface area contributed by atoms with Gasteiger partial charge in [-0.1, -0.05) is 30.3 Å². The Morgan fingerprint density at radius 3 is 2.63 bits per heavy atom. The number of benzene rings is 1. The lowest BCUT2D eigenvalue weighted by Gasteiger charge is -2.29. The molecule has 19 heavy (non-hydrogen) atoms. The lowest BCUT2D eigenvalue weighted by Crippen LogP contribution is -2.47. The van der Waals surface area contributed by atoms with E-state index in [4.69, 9.17) is 0 Å². The smallest absolute Gasteiger partial charge is 0.222 e. The van der Waals surface area contributed by atoms with Crippen molar-refractivity contribution in [2.24, 2.45) is 0 Å². The minimum Gasteiger partial charge on any atom is -0.394 e. The van der Waals surface area contributed by atoms with Crippen molar-refractivity contribution in [2.45, 2.75) is 37.8 Å². The Balaban J connectivity index is 1.87. The van der Waals surface area contributed by atoms with Crippen molar-refractivity contribution in [1.29, 1.82) is 0 Å². The average Bonchev–Trinajstić information content (AvgIpc) is 3.24. The Labute approximate surface area is 114 Å². The molecule has 1 unspecified atom stereocenters. The van der Waals surface area contributed by atoms with E-state index in [1.54, 1.807) is 0 Å². The van der Waals surface area contributed by atoms with Crippen LogP contribution in [0.25, 0.3) is 0 Å². The first-order valence-corrected chi connectivity index (χ1v) is 6.85. The molecular weight excluding hydrogens is 240 g/mol. The second-order valence-corrected chi connectivity index (χ2v) is 5.38. The molecule has 1 aromatic rings. The Kier molecular flexibility index (Phi) is 4.56. The molecular formula is C15H22N2O2. The maximum absolute atomic E-state index is 11.9. The number of rotatable bonds is 7. The second kappa shape index (κ2) is 6.17. The van der Waals surface area contributed by atoms with Crippen LogP contribution in [0.15, 0.2) is 30.3 Å². The first-order chi connectivity index (χ1) is 9.14. The van der Waals surface area contributed by atoms with Gasteiger partial charge in [0.15, 0.2) is 0 Å². The van der Waals surface area contributed by atoms with E-state index in [0.29, 0.717) is 19.0 Å². The van der Waals surface area contributed by atoms with Gasteiger partial charge in [0.25, 0.3) is 0 Å². The van der Waals surface area contributed by atoms with Crippen LogP contribution in [0.3, 0.4) is 0 Å². The van der Waals surface area contributed by atoms with E-state index in [1.165, 1.54) is 12.8 Å². The Hall–Kier alpha value is -1.39. The molecule has 0 aromatic heterocycles. The van der Waals surface area contributed by atoms with Crippen molar-refractivity contribution in [3.63, 3.8) is 0 Å². The van der Waals surface area contributed by atoms with Crippen LogP contribution in [0.2, 0.25) is 0 Å². The molecule has 4 nitrogen and oxygen atoms in total. The van der Waals surface area contributed by atoms with Crippen LogP contribution in [0.4, 0.5) is 0 Å². The summed E-state index contributed by atoms with van der Waals surface area (Å²) >= 11 is 0. The van der Waals surface area contributed by atoms with Crippen LogP contribution in [0.1, 0.15) is 31.7 Å². The highest BCUT2D eigenvalue weighted by molar-refractivity contribution is 5.77.